The number of rotatable bonds is 3. The standard InChI is InChI=1S/C16H16Cl2O2/c1-9-6-13(7-10(2)16(9)18)20-15-5-4-12(11(3)19)8-14(15)17/h4-8,11,19H,1-3H3. The van der Waals surface area contributed by atoms with E-state index in [0.717, 1.165) is 21.7 Å². The lowest BCUT2D eigenvalue weighted by Gasteiger charge is -2.12. The molecule has 1 atom stereocenters. The molecule has 2 rings (SSSR count). The zero-order valence-corrected chi connectivity index (χ0v) is 13.1. The van der Waals surface area contributed by atoms with Crippen LogP contribution in [0.4, 0.5) is 0 Å². The van der Waals surface area contributed by atoms with Crippen LogP contribution in [0, 0.1) is 13.8 Å². The van der Waals surface area contributed by atoms with E-state index < -0.39 is 6.10 Å². The number of hydrogen-bond acceptors (Lipinski definition) is 2. The predicted octanol–water partition coefficient (Wildman–Crippen LogP) is 5.46. The fraction of sp³-hybridized carbons (Fsp3) is 0.250. The Morgan fingerprint density at radius 3 is 2.15 bits per heavy atom. The molecule has 0 amide bonds. The SMILES string of the molecule is Cc1cc(Oc2ccc(C(C)O)cc2Cl)cc(C)c1Cl. The van der Waals surface area contributed by atoms with Crippen LogP contribution in [0.1, 0.15) is 29.7 Å². The Labute approximate surface area is 128 Å². The van der Waals surface area contributed by atoms with Crippen molar-refractivity contribution in [1.29, 1.82) is 0 Å². The Morgan fingerprint density at radius 1 is 1.05 bits per heavy atom. The highest BCUT2D eigenvalue weighted by molar-refractivity contribution is 6.32. The minimum atomic E-state index is -0.554. The summed E-state index contributed by atoms with van der Waals surface area (Å²) in [4.78, 5) is 0. The number of benzene rings is 2. The van der Waals surface area contributed by atoms with Crippen molar-refractivity contribution in [2.45, 2.75) is 26.9 Å². The van der Waals surface area contributed by atoms with Gasteiger partial charge in [-0.3, -0.25) is 0 Å². The molecule has 0 aliphatic heterocycles. The molecule has 1 N–H and O–H groups in total. The maximum atomic E-state index is 9.52. The first-order valence-corrected chi connectivity index (χ1v) is 7.06. The van der Waals surface area contributed by atoms with Gasteiger partial charge in [0.1, 0.15) is 11.5 Å². The first kappa shape index (κ1) is 15.2. The summed E-state index contributed by atoms with van der Waals surface area (Å²) in [5, 5.41) is 10.7. The molecule has 0 aliphatic rings. The second-order valence-electron chi connectivity index (χ2n) is 4.84. The molecule has 0 radical (unpaired) electrons. The maximum Gasteiger partial charge on any atom is 0.146 e. The summed E-state index contributed by atoms with van der Waals surface area (Å²) >= 11 is 12.3. The molecular weight excluding hydrogens is 295 g/mol. The third-order valence-corrected chi connectivity index (χ3v) is 3.97. The van der Waals surface area contributed by atoms with Crippen molar-refractivity contribution in [3.63, 3.8) is 0 Å². The number of ether oxygens (including phenoxy) is 1. The molecule has 0 saturated carbocycles. The van der Waals surface area contributed by atoms with Gasteiger partial charge in [-0.1, -0.05) is 29.3 Å². The molecule has 4 heteroatoms. The van der Waals surface area contributed by atoms with Crippen LogP contribution in [0.2, 0.25) is 10.0 Å². The topological polar surface area (TPSA) is 29.5 Å². The van der Waals surface area contributed by atoms with E-state index in [2.05, 4.69) is 0 Å². The zero-order chi connectivity index (χ0) is 14.9. The Bertz CT molecular complexity index is 613. The summed E-state index contributed by atoms with van der Waals surface area (Å²) in [7, 11) is 0. The average molecular weight is 311 g/mol. The Kier molecular flexibility index (Phi) is 4.59. The van der Waals surface area contributed by atoms with E-state index in [0.29, 0.717) is 16.5 Å². The molecule has 2 aromatic rings. The summed E-state index contributed by atoms with van der Waals surface area (Å²) in [5.41, 5.74) is 2.67. The monoisotopic (exact) mass is 310 g/mol. The van der Waals surface area contributed by atoms with E-state index in [1.807, 2.05) is 26.0 Å². The molecule has 0 fully saturated rings. The number of aryl methyl sites for hydroxylation is 2. The van der Waals surface area contributed by atoms with Crippen LogP contribution in [0.25, 0.3) is 0 Å². The average Bonchev–Trinajstić information content (AvgIpc) is 2.38. The van der Waals surface area contributed by atoms with E-state index in [9.17, 15) is 5.11 Å². The van der Waals surface area contributed by atoms with Gasteiger partial charge in [-0.05, 0) is 61.7 Å². The molecule has 1 unspecified atom stereocenters. The zero-order valence-electron chi connectivity index (χ0n) is 11.6. The molecular formula is C16H16Cl2O2. The van der Waals surface area contributed by atoms with Crippen molar-refractivity contribution in [2.24, 2.45) is 0 Å². The maximum absolute atomic E-state index is 9.52. The molecule has 2 nitrogen and oxygen atoms in total. The minimum absolute atomic E-state index is 0.466. The fourth-order valence-electron chi connectivity index (χ4n) is 1.95. The van der Waals surface area contributed by atoms with Gasteiger partial charge >= 0.3 is 0 Å². The lowest BCUT2D eigenvalue weighted by atomic mass is 10.1. The normalized spacial score (nSPS) is 12.3. The highest BCUT2D eigenvalue weighted by Crippen LogP contribution is 2.34. The molecule has 0 spiro atoms. The van der Waals surface area contributed by atoms with Gasteiger partial charge in [-0.2, -0.15) is 0 Å². The number of hydrogen-bond donors (Lipinski definition) is 1. The predicted molar refractivity (Wildman–Crippen MR) is 83.1 cm³/mol. The van der Waals surface area contributed by atoms with Crippen LogP contribution in [0.15, 0.2) is 30.3 Å². The lowest BCUT2D eigenvalue weighted by molar-refractivity contribution is 0.199. The van der Waals surface area contributed by atoms with Crippen LogP contribution in [0.5, 0.6) is 11.5 Å². The van der Waals surface area contributed by atoms with Gasteiger partial charge < -0.3 is 9.84 Å². The number of aliphatic hydroxyl groups is 1. The highest BCUT2D eigenvalue weighted by Gasteiger charge is 2.09. The molecule has 0 bridgehead atoms. The van der Waals surface area contributed by atoms with Crippen molar-refractivity contribution in [1.82, 2.24) is 0 Å². The van der Waals surface area contributed by atoms with Gasteiger partial charge in [-0.15, -0.1) is 0 Å². The smallest absolute Gasteiger partial charge is 0.146 e. The third kappa shape index (κ3) is 3.26. The summed E-state index contributed by atoms with van der Waals surface area (Å²) < 4.78 is 5.79. The van der Waals surface area contributed by atoms with Crippen LogP contribution < -0.4 is 4.74 Å². The van der Waals surface area contributed by atoms with E-state index in [1.54, 1.807) is 25.1 Å². The van der Waals surface area contributed by atoms with Gasteiger partial charge in [0.05, 0.1) is 11.1 Å². The van der Waals surface area contributed by atoms with Crippen molar-refractivity contribution in [2.75, 3.05) is 0 Å². The highest BCUT2D eigenvalue weighted by atomic mass is 35.5. The Hall–Kier alpha value is -1.22. The van der Waals surface area contributed by atoms with Crippen LogP contribution in [-0.4, -0.2) is 5.11 Å². The van der Waals surface area contributed by atoms with Gasteiger partial charge in [0.2, 0.25) is 0 Å². The summed E-state index contributed by atoms with van der Waals surface area (Å²) in [6.07, 6.45) is -0.554. The molecule has 0 aliphatic carbocycles. The van der Waals surface area contributed by atoms with E-state index in [-0.39, 0.29) is 0 Å². The Morgan fingerprint density at radius 2 is 1.65 bits per heavy atom. The molecule has 0 heterocycles. The second-order valence-corrected chi connectivity index (χ2v) is 5.62. The van der Waals surface area contributed by atoms with Gasteiger partial charge in [0, 0.05) is 5.02 Å². The molecule has 106 valence electrons. The summed E-state index contributed by atoms with van der Waals surface area (Å²) in [6.45, 7) is 5.55. The largest absolute Gasteiger partial charge is 0.456 e. The quantitative estimate of drug-likeness (QED) is 0.816. The van der Waals surface area contributed by atoms with Gasteiger partial charge in [0.15, 0.2) is 0 Å². The number of aliphatic hydroxyl groups excluding tert-OH is 1. The van der Waals surface area contributed by atoms with Crippen LogP contribution in [0.3, 0.4) is 0 Å². The summed E-state index contributed by atoms with van der Waals surface area (Å²) in [5.74, 6) is 1.24. The molecule has 2 aromatic carbocycles. The third-order valence-electron chi connectivity index (χ3n) is 3.08. The molecule has 0 saturated heterocycles. The van der Waals surface area contributed by atoms with Crippen molar-refractivity contribution >= 4 is 23.2 Å². The minimum Gasteiger partial charge on any atom is -0.456 e. The van der Waals surface area contributed by atoms with Crippen molar-refractivity contribution < 1.29 is 9.84 Å². The van der Waals surface area contributed by atoms with E-state index >= 15 is 0 Å². The summed E-state index contributed by atoms with van der Waals surface area (Å²) in [6, 6.07) is 8.99. The van der Waals surface area contributed by atoms with Crippen LogP contribution >= 0.6 is 23.2 Å². The van der Waals surface area contributed by atoms with Gasteiger partial charge in [-0.25, -0.2) is 0 Å². The lowest BCUT2D eigenvalue weighted by Crippen LogP contribution is -1.93. The number of halogens is 2. The van der Waals surface area contributed by atoms with Gasteiger partial charge in [0.25, 0.3) is 0 Å². The van der Waals surface area contributed by atoms with Crippen LogP contribution in [-0.2, 0) is 0 Å². The molecule has 0 aromatic heterocycles. The second kappa shape index (κ2) is 6.04. The van der Waals surface area contributed by atoms with Crippen molar-refractivity contribution in [3.8, 4) is 11.5 Å². The fourth-order valence-corrected chi connectivity index (χ4v) is 2.29. The van der Waals surface area contributed by atoms with Crippen molar-refractivity contribution in [3.05, 3.63) is 57.1 Å². The Balaban J connectivity index is 2.31. The first-order chi connectivity index (χ1) is 9.38. The molecule has 20 heavy (non-hydrogen) atoms. The first-order valence-electron chi connectivity index (χ1n) is 6.30. The van der Waals surface area contributed by atoms with E-state index in [4.69, 9.17) is 27.9 Å². The van der Waals surface area contributed by atoms with E-state index in [1.165, 1.54) is 0 Å².